The Morgan fingerprint density at radius 3 is 2.08 bits per heavy atom. The topological polar surface area (TPSA) is 152 Å². The molecular formula is C34H33Cl2N7O5S. The summed E-state index contributed by atoms with van der Waals surface area (Å²) in [4.78, 5) is 26.1. The summed E-state index contributed by atoms with van der Waals surface area (Å²) in [5, 5.41) is 4.08. The molecule has 1 aromatic heterocycles. The molecular weight excluding hydrogens is 689 g/mol. The van der Waals surface area contributed by atoms with E-state index in [1.807, 2.05) is 17.0 Å². The van der Waals surface area contributed by atoms with Crippen LogP contribution in [-0.2, 0) is 14.8 Å². The van der Waals surface area contributed by atoms with Crippen LogP contribution in [-0.4, -0.2) is 69.6 Å². The molecule has 1 aliphatic heterocycles. The molecule has 4 N–H and O–H groups in total. The van der Waals surface area contributed by atoms with Crippen LogP contribution >= 0.6 is 23.2 Å². The quantitative estimate of drug-likeness (QED) is 0.152. The molecule has 0 spiro atoms. The van der Waals surface area contributed by atoms with Gasteiger partial charge in [0, 0.05) is 55.8 Å². The third kappa shape index (κ3) is 7.60. The average Bonchev–Trinajstić information content (AvgIpc) is 3.10. The molecule has 0 saturated carbocycles. The number of benzene rings is 4. The van der Waals surface area contributed by atoms with Crippen LogP contribution in [0.25, 0.3) is 11.0 Å². The summed E-state index contributed by atoms with van der Waals surface area (Å²) in [5.74, 6) is 0.578. The molecule has 1 atom stereocenters. The summed E-state index contributed by atoms with van der Waals surface area (Å²) in [6.07, 6.45) is 0. The number of nitrogens with two attached hydrogens (primary N) is 1. The number of rotatable bonds is 11. The highest BCUT2D eigenvalue weighted by Crippen LogP contribution is 2.33. The van der Waals surface area contributed by atoms with Crippen LogP contribution < -0.4 is 30.1 Å². The molecule has 1 unspecified atom stereocenters. The van der Waals surface area contributed by atoms with E-state index in [2.05, 4.69) is 24.9 Å². The number of fused-ring (bicyclic) bond motifs is 1. The lowest BCUT2D eigenvalue weighted by Gasteiger charge is -2.39. The molecule has 12 nitrogen and oxygen atoms in total. The Bertz CT molecular complexity index is 2110. The number of anilines is 4. The van der Waals surface area contributed by atoms with Crippen molar-refractivity contribution >= 4 is 73.2 Å². The summed E-state index contributed by atoms with van der Waals surface area (Å²) in [6, 6.07) is 23.0. The number of methoxy groups -OCH3 is 2. The average molecular weight is 723 g/mol. The second-order valence-electron chi connectivity index (χ2n) is 11.2. The minimum atomic E-state index is -4.23. The van der Waals surface area contributed by atoms with Crippen LogP contribution in [0.5, 0.6) is 11.5 Å². The van der Waals surface area contributed by atoms with Gasteiger partial charge in [-0.25, -0.2) is 18.4 Å². The summed E-state index contributed by atoms with van der Waals surface area (Å²) in [5.41, 5.74) is 8.85. The number of carbonyl (C=O) groups is 1. The van der Waals surface area contributed by atoms with Crippen LogP contribution in [0.1, 0.15) is 11.6 Å². The van der Waals surface area contributed by atoms with Crippen LogP contribution in [0, 0.1) is 0 Å². The Balaban J connectivity index is 1.27. The predicted octanol–water partition coefficient (Wildman–Crippen LogP) is 5.85. The monoisotopic (exact) mass is 721 g/mol. The number of sulfonamides is 1. The number of nitrogens with zero attached hydrogens (tertiary/aromatic N) is 4. The normalized spacial score (nSPS) is 14.3. The van der Waals surface area contributed by atoms with E-state index in [4.69, 9.17) is 38.4 Å². The smallest absolute Gasteiger partial charge is 0.263 e. The number of piperazine rings is 1. The van der Waals surface area contributed by atoms with Crippen LogP contribution in [0.4, 0.5) is 23.0 Å². The lowest BCUT2D eigenvalue weighted by atomic mass is 10.0. The number of carbonyl (C=O) groups excluding carboxylic acids is 1. The molecule has 0 bridgehead atoms. The summed E-state index contributed by atoms with van der Waals surface area (Å²) in [7, 11) is -1.17. The van der Waals surface area contributed by atoms with E-state index >= 15 is 0 Å². The van der Waals surface area contributed by atoms with Gasteiger partial charge in [0.1, 0.15) is 17.5 Å². The molecule has 49 heavy (non-hydrogen) atoms. The van der Waals surface area contributed by atoms with Gasteiger partial charge in [-0.05, 0) is 48.0 Å². The second-order valence-corrected chi connectivity index (χ2v) is 13.7. The number of aromatic nitrogens is 2. The van der Waals surface area contributed by atoms with Crippen LogP contribution in [0.3, 0.4) is 0 Å². The third-order valence-corrected chi connectivity index (χ3v) is 10.2. The fourth-order valence-corrected chi connectivity index (χ4v) is 7.04. The van der Waals surface area contributed by atoms with Gasteiger partial charge < -0.3 is 25.4 Å². The number of amides is 1. The van der Waals surface area contributed by atoms with Gasteiger partial charge in [0.05, 0.1) is 40.2 Å². The lowest BCUT2D eigenvalue weighted by molar-refractivity contribution is -0.123. The molecule has 5 aromatic rings. The maximum Gasteiger partial charge on any atom is 0.263 e. The second kappa shape index (κ2) is 14.3. The van der Waals surface area contributed by atoms with Crippen molar-refractivity contribution in [2.75, 3.05) is 55.3 Å². The van der Waals surface area contributed by atoms with Crippen molar-refractivity contribution in [1.29, 1.82) is 0 Å². The molecule has 1 fully saturated rings. The molecule has 1 aliphatic rings. The Kier molecular flexibility index (Phi) is 9.97. The van der Waals surface area contributed by atoms with Crippen molar-refractivity contribution in [3.63, 3.8) is 0 Å². The van der Waals surface area contributed by atoms with Gasteiger partial charge in [-0.3, -0.25) is 14.4 Å². The molecule has 254 valence electrons. The lowest BCUT2D eigenvalue weighted by Crippen LogP contribution is -2.50. The Morgan fingerprint density at radius 1 is 0.816 bits per heavy atom. The fourth-order valence-electron chi connectivity index (χ4n) is 5.69. The first-order chi connectivity index (χ1) is 23.5. The largest absolute Gasteiger partial charge is 0.497 e. The number of nitrogens with one attached hydrogen (secondary N) is 2. The minimum absolute atomic E-state index is 0.0317. The van der Waals surface area contributed by atoms with E-state index in [-0.39, 0.29) is 16.5 Å². The van der Waals surface area contributed by atoms with Gasteiger partial charge in [0.25, 0.3) is 10.0 Å². The number of para-hydroxylation sites is 2. The van der Waals surface area contributed by atoms with Crippen molar-refractivity contribution in [1.82, 2.24) is 14.9 Å². The maximum absolute atomic E-state index is 13.9. The fraction of sp³-hybridized carbons (Fsp3) is 0.206. The van der Waals surface area contributed by atoms with Crippen molar-refractivity contribution in [3.05, 3.63) is 101 Å². The highest BCUT2D eigenvalue weighted by molar-refractivity contribution is 7.92. The van der Waals surface area contributed by atoms with Crippen molar-refractivity contribution < 1.29 is 22.7 Å². The van der Waals surface area contributed by atoms with Gasteiger partial charge in [-0.2, -0.15) is 0 Å². The standard InChI is InChI=1S/C34H33Cl2N7O5S/c1-47-24-17-22(18-25(20-24)48-2)38-33-34(40-30-9-4-3-8-29(30)39-33)41-49(45,46)26-7-5-6-21(16-26)31(32(37)44)43-14-12-42(13-15-43)23-10-11-27(35)28(36)19-23/h3-11,16-20,31H,12-15H2,1-2H3,(H2,37,44)(H,38,39)(H,40,41). The number of hydrogen-bond acceptors (Lipinski definition) is 10. The third-order valence-electron chi connectivity index (χ3n) is 8.12. The van der Waals surface area contributed by atoms with Crippen molar-refractivity contribution in [3.8, 4) is 11.5 Å². The van der Waals surface area contributed by atoms with Gasteiger partial charge >= 0.3 is 0 Å². The van der Waals surface area contributed by atoms with Crippen LogP contribution in [0.15, 0.2) is 89.8 Å². The number of ether oxygens (including phenoxy) is 2. The van der Waals surface area contributed by atoms with Crippen LogP contribution in [0.2, 0.25) is 10.0 Å². The highest BCUT2D eigenvalue weighted by Gasteiger charge is 2.30. The van der Waals surface area contributed by atoms with Gasteiger partial charge in [-0.15, -0.1) is 0 Å². The summed E-state index contributed by atoms with van der Waals surface area (Å²) < 4.78 is 41.2. The van der Waals surface area contributed by atoms with E-state index in [1.54, 1.807) is 60.7 Å². The number of halogens is 2. The Labute approximate surface area is 293 Å². The van der Waals surface area contributed by atoms with Gasteiger partial charge in [0.15, 0.2) is 11.6 Å². The van der Waals surface area contributed by atoms with Crippen molar-refractivity contribution in [2.24, 2.45) is 5.73 Å². The minimum Gasteiger partial charge on any atom is -0.497 e. The molecule has 2 heterocycles. The zero-order chi connectivity index (χ0) is 34.7. The Hall–Kier alpha value is -4.82. The van der Waals surface area contributed by atoms with E-state index in [9.17, 15) is 13.2 Å². The van der Waals surface area contributed by atoms with Gasteiger partial charge in [0.2, 0.25) is 5.91 Å². The number of hydrogen-bond donors (Lipinski definition) is 3. The first-order valence-corrected chi connectivity index (χ1v) is 17.4. The highest BCUT2D eigenvalue weighted by atomic mass is 35.5. The Morgan fingerprint density at radius 2 is 1.47 bits per heavy atom. The maximum atomic E-state index is 13.9. The first kappa shape index (κ1) is 34.1. The van der Waals surface area contributed by atoms with E-state index in [0.717, 1.165) is 5.69 Å². The zero-order valence-corrected chi connectivity index (χ0v) is 28.9. The molecule has 15 heteroatoms. The molecule has 0 aliphatic carbocycles. The number of primary amides is 1. The first-order valence-electron chi connectivity index (χ1n) is 15.2. The van der Waals surface area contributed by atoms with Gasteiger partial charge in [-0.1, -0.05) is 47.5 Å². The molecule has 0 radical (unpaired) electrons. The van der Waals surface area contributed by atoms with E-state index < -0.39 is 22.0 Å². The van der Waals surface area contributed by atoms with Crippen molar-refractivity contribution in [2.45, 2.75) is 10.9 Å². The summed E-state index contributed by atoms with van der Waals surface area (Å²) in [6.45, 7) is 2.19. The SMILES string of the molecule is COc1cc(Nc2nc3ccccc3nc2NS(=O)(=O)c2cccc(C(C(N)=O)N3CCN(c4ccc(Cl)c(Cl)c4)CC3)c2)cc(OC)c1. The summed E-state index contributed by atoms with van der Waals surface area (Å²) >= 11 is 12.3. The van der Waals surface area contributed by atoms with E-state index in [0.29, 0.717) is 70.0 Å². The molecule has 1 saturated heterocycles. The van der Waals surface area contributed by atoms with E-state index in [1.165, 1.54) is 26.4 Å². The predicted molar refractivity (Wildman–Crippen MR) is 192 cm³/mol. The molecule has 6 rings (SSSR count). The zero-order valence-electron chi connectivity index (χ0n) is 26.6. The molecule has 4 aromatic carbocycles. The molecule has 1 amide bonds.